The van der Waals surface area contributed by atoms with Gasteiger partial charge in [-0.15, -0.1) is 11.8 Å². The van der Waals surface area contributed by atoms with Crippen LogP contribution in [-0.4, -0.2) is 46.5 Å². The van der Waals surface area contributed by atoms with Crippen LogP contribution in [0.1, 0.15) is 12.3 Å². The molecule has 1 saturated heterocycles. The number of carbonyl (C=O) groups is 2. The second-order valence-corrected chi connectivity index (χ2v) is 8.66. The molecular weight excluding hydrogens is 450 g/mol. The third kappa shape index (κ3) is 5.26. The molecule has 0 aliphatic carbocycles. The summed E-state index contributed by atoms with van der Waals surface area (Å²) in [6.45, 7) is 0. The molecule has 1 aromatic heterocycles. The van der Waals surface area contributed by atoms with E-state index in [1.165, 1.54) is 0 Å². The van der Waals surface area contributed by atoms with Crippen LogP contribution >= 0.6 is 23.4 Å². The molecule has 1 fully saturated rings. The zero-order chi connectivity index (χ0) is 22.5. The number of thioether (sulfide) groups is 1. The van der Waals surface area contributed by atoms with Crippen LogP contribution in [0, 0.1) is 0 Å². The van der Waals surface area contributed by atoms with Crippen molar-refractivity contribution in [2.24, 2.45) is 0 Å². The van der Waals surface area contributed by atoms with Crippen molar-refractivity contribution in [3.05, 3.63) is 65.6 Å². The van der Waals surface area contributed by atoms with Gasteiger partial charge in [-0.3, -0.25) is 9.59 Å². The summed E-state index contributed by atoms with van der Waals surface area (Å²) in [7, 11) is 1.59. The molecule has 1 aliphatic rings. The van der Waals surface area contributed by atoms with Crippen LogP contribution in [0.3, 0.4) is 0 Å². The van der Waals surface area contributed by atoms with E-state index in [0.29, 0.717) is 46.2 Å². The number of nitrogens with zero attached hydrogens (tertiary/aromatic N) is 2. The van der Waals surface area contributed by atoms with Crippen molar-refractivity contribution in [3.63, 3.8) is 0 Å². The maximum Gasteiger partial charge on any atom is 0.248 e. The Labute approximate surface area is 195 Å². The highest BCUT2D eigenvalue weighted by Crippen LogP contribution is 2.25. The van der Waals surface area contributed by atoms with E-state index in [1.54, 1.807) is 66.4 Å². The molecule has 1 aliphatic heterocycles. The van der Waals surface area contributed by atoms with Crippen molar-refractivity contribution in [3.8, 4) is 17.1 Å². The molecule has 4 rings (SSSR count). The third-order valence-corrected chi connectivity index (χ3v) is 6.36. The third-order valence-electron chi connectivity index (χ3n) is 5.10. The van der Waals surface area contributed by atoms with Gasteiger partial charge in [0.2, 0.25) is 11.8 Å². The smallest absolute Gasteiger partial charge is 0.248 e. The van der Waals surface area contributed by atoms with Gasteiger partial charge < -0.3 is 19.4 Å². The fourth-order valence-corrected chi connectivity index (χ4v) is 4.64. The summed E-state index contributed by atoms with van der Waals surface area (Å²) in [5.74, 6) is 2.56. The molecule has 166 valence electrons. The lowest BCUT2D eigenvalue weighted by molar-refractivity contribution is -0.136. The number of benzene rings is 2. The lowest BCUT2D eigenvalue weighted by Crippen LogP contribution is -2.44. The molecular formula is C23H22ClN3O4S. The first-order valence-electron chi connectivity index (χ1n) is 10.1. The Morgan fingerprint density at radius 2 is 1.97 bits per heavy atom. The van der Waals surface area contributed by atoms with E-state index in [9.17, 15) is 9.59 Å². The predicted octanol–water partition coefficient (Wildman–Crippen LogP) is 4.48. The molecule has 1 unspecified atom stereocenters. The van der Waals surface area contributed by atoms with Gasteiger partial charge in [0.1, 0.15) is 11.8 Å². The van der Waals surface area contributed by atoms with Crippen LogP contribution in [0.25, 0.3) is 11.3 Å². The summed E-state index contributed by atoms with van der Waals surface area (Å²) in [6, 6.07) is 13.8. The van der Waals surface area contributed by atoms with Crippen LogP contribution in [0.5, 0.6) is 5.75 Å². The molecule has 0 saturated carbocycles. The fourth-order valence-electron chi connectivity index (χ4n) is 3.34. The number of carbonyl (C=O) groups excluding carboxylic acids is 2. The van der Waals surface area contributed by atoms with Crippen molar-refractivity contribution in [1.29, 1.82) is 0 Å². The second kappa shape index (κ2) is 10.1. The summed E-state index contributed by atoms with van der Waals surface area (Å²) in [5.41, 5.74) is 1.53. The first-order valence-corrected chi connectivity index (χ1v) is 11.6. The maximum atomic E-state index is 12.8. The van der Waals surface area contributed by atoms with E-state index in [-0.39, 0.29) is 18.2 Å². The number of anilines is 1. The van der Waals surface area contributed by atoms with E-state index in [4.69, 9.17) is 20.8 Å². The molecule has 0 radical (unpaired) electrons. The van der Waals surface area contributed by atoms with Crippen molar-refractivity contribution < 1.29 is 18.7 Å². The summed E-state index contributed by atoms with van der Waals surface area (Å²) in [4.78, 5) is 31.5. The van der Waals surface area contributed by atoms with Gasteiger partial charge in [0.05, 0.1) is 19.2 Å². The van der Waals surface area contributed by atoms with Gasteiger partial charge in [-0.2, -0.15) is 0 Å². The molecule has 2 amide bonds. The summed E-state index contributed by atoms with van der Waals surface area (Å²) < 4.78 is 10.9. The summed E-state index contributed by atoms with van der Waals surface area (Å²) in [6.07, 6.45) is 2.22. The number of amides is 2. The van der Waals surface area contributed by atoms with Crippen molar-refractivity contribution in [1.82, 2.24) is 9.88 Å². The lowest BCUT2D eigenvalue weighted by Gasteiger charge is -2.23. The molecule has 0 bridgehead atoms. The van der Waals surface area contributed by atoms with E-state index < -0.39 is 6.04 Å². The molecule has 2 aromatic carbocycles. The van der Waals surface area contributed by atoms with Crippen LogP contribution in [-0.2, 0) is 16.0 Å². The van der Waals surface area contributed by atoms with Crippen molar-refractivity contribution in [2.75, 3.05) is 24.1 Å². The van der Waals surface area contributed by atoms with E-state index in [2.05, 4.69) is 10.3 Å². The van der Waals surface area contributed by atoms with Crippen LogP contribution < -0.4 is 10.1 Å². The van der Waals surface area contributed by atoms with Crippen LogP contribution in [0.15, 0.2) is 59.1 Å². The van der Waals surface area contributed by atoms with Gasteiger partial charge in [-0.1, -0.05) is 11.6 Å². The average molecular weight is 472 g/mol. The first kappa shape index (κ1) is 22.2. The highest BCUT2D eigenvalue weighted by molar-refractivity contribution is 7.99. The minimum absolute atomic E-state index is 0.101. The average Bonchev–Trinajstić information content (AvgIpc) is 3.49. The zero-order valence-electron chi connectivity index (χ0n) is 17.4. The van der Waals surface area contributed by atoms with Gasteiger partial charge in [0.25, 0.3) is 0 Å². The fraction of sp³-hybridized carbons (Fsp3) is 0.261. The summed E-state index contributed by atoms with van der Waals surface area (Å²) >= 11 is 7.48. The first-order chi connectivity index (χ1) is 15.5. The Hall–Kier alpha value is -2.97. The van der Waals surface area contributed by atoms with Gasteiger partial charge in [-0.25, -0.2) is 4.98 Å². The number of rotatable bonds is 7. The molecule has 1 N–H and O–H groups in total. The van der Waals surface area contributed by atoms with Crippen LogP contribution in [0.2, 0.25) is 5.02 Å². The Kier molecular flexibility index (Phi) is 7.02. The second-order valence-electron chi connectivity index (χ2n) is 7.22. The standard InChI is InChI=1S/C23H22ClN3O4S/c1-30-18-8-6-17(7-9-18)26-23(29)19-13-32-14-27(19)22(28)11-10-21-25-12-20(31-21)15-2-4-16(24)5-3-15/h2-9,12,19H,10-11,13-14H2,1H3,(H,26,29). The van der Waals surface area contributed by atoms with Gasteiger partial charge in [0.15, 0.2) is 11.7 Å². The number of halogens is 1. The number of hydrogen-bond acceptors (Lipinski definition) is 6. The molecule has 3 aromatic rings. The normalized spacial score (nSPS) is 15.6. The number of ether oxygens (including phenoxy) is 1. The molecule has 9 heteroatoms. The molecule has 0 spiro atoms. The number of aryl methyl sites for hydroxylation is 1. The van der Waals surface area contributed by atoms with E-state index in [1.807, 2.05) is 12.1 Å². The number of aromatic nitrogens is 1. The quantitative estimate of drug-likeness (QED) is 0.547. The Morgan fingerprint density at radius 3 is 2.69 bits per heavy atom. The van der Waals surface area contributed by atoms with Crippen LogP contribution in [0.4, 0.5) is 5.69 Å². The number of nitrogens with one attached hydrogen (secondary N) is 1. The molecule has 32 heavy (non-hydrogen) atoms. The summed E-state index contributed by atoms with van der Waals surface area (Å²) in [5, 5.41) is 3.52. The SMILES string of the molecule is COc1ccc(NC(=O)C2CSCN2C(=O)CCc2ncc(-c3ccc(Cl)cc3)o2)cc1. The lowest BCUT2D eigenvalue weighted by atomic mass is 10.2. The highest BCUT2D eigenvalue weighted by Gasteiger charge is 2.34. The van der Waals surface area contributed by atoms with Gasteiger partial charge >= 0.3 is 0 Å². The predicted molar refractivity (Wildman–Crippen MR) is 125 cm³/mol. The van der Waals surface area contributed by atoms with E-state index >= 15 is 0 Å². The monoisotopic (exact) mass is 471 g/mol. The maximum absolute atomic E-state index is 12.8. The molecule has 7 nitrogen and oxygen atoms in total. The Balaban J connectivity index is 1.33. The molecule has 2 heterocycles. The topological polar surface area (TPSA) is 84.7 Å². The Morgan fingerprint density at radius 1 is 1.22 bits per heavy atom. The minimum atomic E-state index is -0.510. The molecule has 1 atom stereocenters. The minimum Gasteiger partial charge on any atom is -0.497 e. The van der Waals surface area contributed by atoms with Gasteiger partial charge in [-0.05, 0) is 48.5 Å². The van der Waals surface area contributed by atoms with E-state index in [0.717, 1.165) is 5.56 Å². The zero-order valence-corrected chi connectivity index (χ0v) is 19.0. The number of oxazole rings is 1. The van der Waals surface area contributed by atoms with Crippen molar-refractivity contribution in [2.45, 2.75) is 18.9 Å². The highest BCUT2D eigenvalue weighted by atomic mass is 35.5. The van der Waals surface area contributed by atoms with Crippen molar-refractivity contribution >= 4 is 40.9 Å². The Bertz CT molecular complexity index is 1090. The number of hydrogen-bond donors (Lipinski definition) is 1. The largest absolute Gasteiger partial charge is 0.497 e. The number of methoxy groups -OCH3 is 1. The van der Waals surface area contributed by atoms with Gasteiger partial charge in [0, 0.05) is 34.9 Å².